The Morgan fingerprint density at radius 2 is 1.79 bits per heavy atom. The third kappa shape index (κ3) is 4.02. The van der Waals surface area contributed by atoms with Crippen LogP contribution in [0.25, 0.3) is 5.69 Å². The third-order valence-corrected chi connectivity index (χ3v) is 7.30. The lowest BCUT2D eigenvalue weighted by Crippen LogP contribution is -2.14. The van der Waals surface area contributed by atoms with Crippen LogP contribution in [0.15, 0.2) is 16.6 Å². The molecule has 1 aromatic carbocycles. The highest BCUT2D eigenvalue weighted by Gasteiger charge is 2.30. The van der Waals surface area contributed by atoms with Gasteiger partial charge in [-0.1, -0.05) is 41.6 Å². The zero-order valence-corrected chi connectivity index (χ0v) is 18.3. The van der Waals surface area contributed by atoms with Crippen molar-refractivity contribution in [1.29, 1.82) is 0 Å². The fourth-order valence-electron chi connectivity index (χ4n) is 4.40. The summed E-state index contributed by atoms with van der Waals surface area (Å²) in [7, 11) is 0. The van der Waals surface area contributed by atoms with Crippen LogP contribution in [-0.4, -0.2) is 27.3 Å². The lowest BCUT2D eigenvalue weighted by Gasteiger charge is -2.11. The van der Waals surface area contributed by atoms with E-state index in [1.165, 1.54) is 36.8 Å². The molecule has 0 spiro atoms. The van der Waals surface area contributed by atoms with E-state index in [4.69, 9.17) is 14.8 Å². The summed E-state index contributed by atoms with van der Waals surface area (Å²) in [5.74, 6) is 2.04. The van der Waals surface area contributed by atoms with Crippen molar-refractivity contribution in [2.45, 2.75) is 71.1 Å². The van der Waals surface area contributed by atoms with Crippen LogP contribution in [-0.2, 0) is 16.0 Å². The van der Waals surface area contributed by atoms with Gasteiger partial charge in [0, 0.05) is 16.8 Å². The summed E-state index contributed by atoms with van der Waals surface area (Å²) in [6.07, 6.45) is 8.79. The van der Waals surface area contributed by atoms with Gasteiger partial charge in [-0.3, -0.25) is 4.79 Å². The predicted molar refractivity (Wildman–Crippen MR) is 112 cm³/mol. The van der Waals surface area contributed by atoms with Crippen LogP contribution in [0.3, 0.4) is 0 Å². The lowest BCUT2D eigenvalue weighted by molar-refractivity contribution is -0.141. The number of aryl methyl sites for hydroxylation is 2. The Hall–Kier alpha value is -1.69. The molecule has 1 aliphatic heterocycles. The molecular weight excluding hydrogens is 418 g/mol. The predicted octanol–water partition coefficient (Wildman–Crippen LogP) is 5.19. The summed E-state index contributed by atoms with van der Waals surface area (Å²) in [5, 5.41) is 4.96. The molecule has 0 N–H and O–H groups in total. The monoisotopic (exact) mass is 445 g/mol. The number of esters is 1. The van der Waals surface area contributed by atoms with Crippen LogP contribution in [0.2, 0.25) is 0 Å². The minimum Gasteiger partial charge on any atom is -0.465 e. The molecular formula is C22H28BrN3O2. The Kier molecular flexibility index (Phi) is 5.85. The topological polar surface area (TPSA) is 57.0 Å². The molecule has 28 heavy (non-hydrogen) atoms. The number of hydrogen-bond acceptors (Lipinski definition) is 4. The van der Waals surface area contributed by atoms with Crippen LogP contribution in [0.5, 0.6) is 0 Å². The van der Waals surface area contributed by atoms with Crippen molar-refractivity contribution in [2.24, 2.45) is 5.92 Å². The molecule has 0 amide bonds. The van der Waals surface area contributed by atoms with Gasteiger partial charge in [0.25, 0.3) is 0 Å². The summed E-state index contributed by atoms with van der Waals surface area (Å²) in [4.78, 5) is 17.0. The number of benzene rings is 1. The van der Waals surface area contributed by atoms with E-state index in [1.807, 2.05) is 4.68 Å². The van der Waals surface area contributed by atoms with E-state index in [9.17, 15) is 4.79 Å². The van der Waals surface area contributed by atoms with Crippen molar-refractivity contribution >= 4 is 21.9 Å². The van der Waals surface area contributed by atoms with Gasteiger partial charge in [-0.2, -0.15) is 5.10 Å². The van der Waals surface area contributed by atoms with Crippen LogP contribution in [0, 0.1) is 19.8 Å². The average Bonchev–Trinajstić information content (AvgIpc) is 3.16. The molecule has 1 aliphatic carbocycles. The number of cyclic esters (lactones) is 1. The molecule has 1 aromatic heterocycles. The lowest BCUT2D eigenvalue weighted by atomic mass is 10.00. The first-order valence-electron chi connectivity index (χ1n) is 10.4. The van der Waals surface area contributed by atoms with E-state index in [1.54, 1.807) is 0 Å². The van der Waals surface area contributed by atoms with Crippen molar-refractivity contribution in [3.05, 3.63) is 39.4 Å². The standard InChI is InChI=1S/C22H28BrN3O2/c1-14-11-18(12-15(2)20(14)23)26-19(13-17-9-10-28-22(17)27)24-21(25-26)16-7-5-3-4-6-8-16/h11-12,16-17H,3-10,13H2,1-2H3. The summed E-state index contributed by atoms with van der Waals surface area (Å²) < 4.78 is 8.27. The number of nitrogens with zero attached hydrogens (tertiary/aromatic N) is 3. The number of rotatable bonds is 4. The molecule has 5 nitrogen and oxygen atoms in total. The zero-order chi connectivity index (χ0) is 19.7. The average molecular weight is 446 g/mol. The number of aromatic nitrogens is 3. The maximum atomic E-state index is 12.0. The highest BCUT2D eigenvalue weighted by atomic mass is 79.9. The minimum absolute atomic E-state index is 0.103. The second-order valence-electron chi connectivity index (χ2n) is 8.24. The molecule has 2 aliphatic rings. The first kappa shape index (κ1) is 19.6. The van der Waals surface area contributed by atoms with Crippen LogP contribution < -0.4 is 0 Å². The van der Waals surface area contributed by atoms with Crippen molar-refractivity contribution in [3.8, 4) is 5.69 Å². The molecule has 0 radical (unpaired) electrons. The first-order chi connectivity index (χ1) is 13.5. The molecule has 1 atom stereocenters. The van der Waals surface area contributed by atoms with Crippen molar-refractivity contribution < 1.29 is 9.53 Å². The molecule has 2 heterocycles. The van der Waals surface area contributed by atoms with Crippen LogP contribution >= 0.6 is 15.9 Å². The van der Waals surface area contributed by atoms with Gasteiger partial charge >= 0.3 is 5.97 Å². The summed E-state index contributed by atoms with van der Waals surface area (Å²) in [6.45, 7) is 4.71. The van der Waals surface area contributed by atoms with E-state index in [-0.39, 0.29) is 11.9 Å². The van der Waals surface area contributed by atoms with Gasteiger partial charge in [0.05, 0.1) is 18.2 Å². The molecule has 6 heteroatoms. The van der Waals surface area contributed by atoms with Crippen LogP contribution in [0.1, 0.15) is 73.6 Å². The number of carbonyl (C=O) groups excluding carboxylic acids is 1. The number of carbonyl (C=O) groups is 1. The van der Waals surface area contributed by atoms with Gasteiger partial charge in [0.2, 0.25) is 0 Å². The molecule has 1 unspecified atom stereocenters. The fourth-order valence-corrected chi connectivity index (χ4v) is 4.63. The second-order valence-corrected chi connectivity index (χ2v) is 9.03. The molecule has 4 rings (SSSR count). The second kappa shape index (κ2) is 8.36. The Bertz CT molecular complexity index is 846. The van der Waals surface area contributed by atoms with E-state index in [0.717, 1.165) is 41.1 Å². The Balaban J connectivity index is 1.72. The van der Waals surface area contributed by atoms with E-state index < -0.39 is 0 Å². The van der Waals surface area contributed by atoms with E-state index in [0.29, 0.717) is 18.9 Å². The molecule has 150 valence electrons. The highest BCUT2D eigenvalue weighted by molar-refractivity contribution is 9.10. The zero-order valence-electron chi connectivity index (χ0n) is 16.7. The van der Waals surface area contributed by atoms with E-state index >= 15 is 0 Å². The normalized spacial score (nSPS) is 21.0. The van der Waals surface area contributed by atoms with Gasteiger partial charge in [0.15, 0.2) is 5.82 Å². The highest BCUT2D eigenvalue weighted by Crippen LogP contribution is 2.32. The van der Waals surface area contributed by atoms with Crippen molar-refractivity contribution in [3.63, 3.8) is 0 Å². The third-order valence-electron chi connectivity index (χ3n) is 6.05. The summed E-state index contributed by atoms with van der Waals surface area (Å²) in [5.41, 5.74) is 3.37. The summed E-state index contributed by atoms with van der Waals surface area (Å²) in [6, 6.07) is 4.28. The quantitative estimate of drug-likeness (QED) is 0.479. The van der Waals surface area contributed by atoms with Gasteiger partial charge in [-0.05, 0) is 56.4 Å². The number of ether oxygens (including phenoxy) is 1. The first-order valence-corrected chi connectivity index (χ1v) is 11.2. The smallest absolute Gasteiger partial charge is 0.309 e. The summed E-state index contributed by atoms with van der Waals surface area (Å²) >= 11 is 3.65. The van der Waals surface area contributed by atoms with Gasteiger partial charge < -0.3 is 4.74 Å². The Labute approximate surface area is 175 Å². The number of hydrogen-bond donors (Lipinski definition) is 0. The number of halogens is 1. The van der Waals surface area contributed by atoms with Gasteiger partial charge in [-0.15, -0.1) is 0 Å². The van der Waals surface area contributed by atoms with Gasteiger partial charge in [0.1, 0.15) is 5.82 Å². The molecule has 2 aromatic rings. The Morgan fingerprint density at radius 3 is 2.39 bits per heavy atom. The molecule has 0 bridgehead atoms. The maximum absolute atomic E-state index is 12.0. The largest absolute Gasteiger partial charge is 0.465 e. The molecule has 1 saturated carbocycles. The fraction of sp³-hybridized carbons (Fsp3) is 0.591. The van der Waals surface area contributed by atoms with Gasteiger partial charge in [-0.25, -0.2) is 9.67 Å². The van der Waals surface area contributed by atoms with E-state index in [2.05, 4.69) is 41.9 Å². The minimum atomic E-state index is -0.109. The maximum Gasteiger partial charge on any atom is 0.309 e. The molecule has 1 saturated heterocycles. The Morgan fingerprint density at radius 1 is 1.11 bits per heavy atom. The van der Waals surface area contributed by atoms with Crippen molar-refractivity contribution in [2.75, 3.05) is 6.61 Å². The van der Waals surface area contributed by atoms with Crippen molar-refractivity contribution in [1.82, 2.24) is 14.8 Å². The molecule has 2 fully saturated rings. The SMILES string of the molecule is Cc1cc(-n2nc(C3CCCCCC3)nc2CC2CCOC2=O)cc(C)c1Br. The van der Waals surface area contributed by atoms with Crippen LogP contribution in [0.4, 0.5) is 0 Å².